The van der Waals surface area contributed by atoms with E-state index in [1.54, 1.807) is 6.07 Å². The van der Waals surface area contributed by atoms with E-state index in [4.69, 9.17) is 14.6 Å². The molecular weight excluding hydrogens is 392 g/mol. The Morgan fingerprint density at radius 2 is 1.74 bits per heavy atom. The number of ether oxygens (including phenoxy) is 2. The molecule has 0 aliphatic rings. The second kappa shape index (κ2) is 9.63. The van der Waals surface area contributed by atoms with Gasteiger partial charge in [-0.15, -0.1) is 0 Å². The monoisotopic (exact) mass is 414 g/mol. The summed E-state index contributed by atoms with van der Waals surface area (Å²) in [6, 6.07) is 27.0. The minimum Gasteiger partial charge on any atom is -0.487 e. The van der Waals surface area contributed by atoms with Crippen LogP contribution >= 0.6 is 0 Å². The van der Waals surface area contributed by atoms with Gasteiger partial charge in [0.1, 0.15) is 18.1 Å². The molecule has 0 aliphatic heterocycles. The molecule has 3 aromatic carbocycles. The lowest BCUT2D eigenvalue weighted by Gasteiger charge is -2.13. The van der Waals surface area contributed by atoms with E-state index in [0.717, 1.165) is 33.6 Å². The van der Waals surface area contributed by atoms with Crippen LogP contribution in [0.3, 0.4) is 0 Å². The van der Waals surface area contributed by atoms with E-state index in [1.165, 1.54) is 0 Å². The molecule has 0 saturated carbocycles. The van der Waals surface area contributed by atoms with E-state index in [0.29, 0.717) is 18.9 Å². The smallest absolute Gasteiger partial charge is 0.341 e. The summed E-state index contributed by atoms with van der Waals surface area (Å²) in [5.41, 5.74) is 3.57. The molecule has 1 aromatic heterocycles. The number of para-hydroxylation sites is 2. The number of carboxylic acid groups (broad SMARTS) is 1. The highest BCUT2D eigenvalue weighted by molar-refractivity contribution is 5.78. The van der Waals surface area contributed by atoms with E-state index in [9.17, 15) is 4.79 Å². The first-order chi connectivity index (χ1) is 15.2. The van der Waals surface area contributed by atoms with Crippen molar-refractivity contribution in [2.75, 3.05) is 11.9 Å². The van der Waals surface area contributed by atoms with Gasteiger partial charge < -0.3 is 19.9 Å². The van der Waals surface area contributed by atoms with Crippen LogP contribution in [0.5, 0.6) is 11.5 Å². The molecule has 0 amide bonds. The number of fused-ring (bicyclic) bond motifs is 1. The van der Waals surface area contributed by atoms with Crippen LogP contribution in [0.15, 0.2) is 84.9 Å². The quantitative estimate of drug-likeness (QED) is 0.406. The summed E-state index contributed by atoms with van der Waals surface area (Å²) in [5, 5.41) is 13.3. The average Bonchev–Trinajstić information content (AvgIpc) is 2.80. The number of benzene rings is 3. The molecule has 0 fully saturated rings. The normalized spacial score (nSPS) is 10.6. The number of hydrogen-bond acceptors (Lipinski definition) is 5. The van der Waals surface area contributed by atoms with Crippen molar-refractivity contribution in [1.29, 1.82) is 0 Å². The molecule has 0 unspecified atom stereocenters. The van der Waals surface area contributed by atoms with Crippen LogP contribution in [0.1, 0.15) is 11.3 Å². The van der Waals surface area contributed by atoms with Crippen LogP contribution in [0.2, 0.25) is 0 Å². The van der Waals surface area contributed by atoms with E-state index in [1.807, 2.05) is 78.9 Å². The molecule has 0 radical (unpaired) electrons. The molecule has 4 aromatic rings. The zero-order valence-electron chi connectivity index (χ0n) is 16.8. The van der Waals surface area contributed by atoms with Crippen LogP contribution in [-0.2, 0) is 17.9 Å². The van der Waals surface area contributed by atoms with E-state index < -0.39 is 5.97 Å². The predicted octanol–water partition coefficient (Wildman–Crippen LogP) is 4.89. The standard InChI is InChI=1S/C25H22N2O4/c28-25(29)17-31-24-11-4-2-7-19(24)15-26-20-8-5-9-22(14-20)30-16-21-13-12-18-6-1-3-10-23(18)27-21/h1-14,26H,15-17H2,(H,28,29). The number of pyridine rings is 1. The Bertz CT molecular complexity index is 1190. The third-order valence-corrected chi connectivity index (χ3v) is 4.68. The van der Waals surface area contributed by atoms with Crippen LogP contribution in [0.4, 0.5) is 5.69 Å². The predicted molar refractivity (Wildman–Crippen MR) is 119 cm³/mol. The number of carbonyl (C=O) groups is 1. The summed E-state index contributed by atoms with van der Waals surface area (Å²) < 4.78 is 11.3. The van der Waals surface area contributed by atoms with Crippen LogP contribution in [0.25, 0.3) is 10.9 Å². The van der Waals surface area contributed by atoms with Crippen LogP contribution < -0.4 is 14.8 Å². The highest BCUT2D eigenvalue weighted by atomic mass is 16.5. The molecule has 6 heteroatoms. The maximum absolute atomic E-state index is 10.8. The molecule has 6 nitrogen and oxygen atoms in total. The lowest BCUT2D eigenvalue weighted by atomic mass is 10.2. The fourth-order valence-corrected chi connectivity index (χ4v) is 3.17. The number of aliphatic carboxylic acids is 1. The van der Waals surface area contributed by atoms with Crippen LogP contribution in [0, 0.1) is 0 Å². The first kappa shape index (κ1) is 20.2. The van der Waals surface area contributed by atoms with Crippen molar-refractivity contribution in [2.24, 2.45) is 0 Å². The second-order valence-electron chi connectivity index (χ2n) is 6.96. The van der Waals surface area contributed by atoms with Crippen LogP contribution in [-0.4, -0.2) is 22.7 Å². The number of hydrogen-bond donors (Lipinski definition) is 2. The summed E-state index contributed by atoms with van der Waals surface area (Å²) in [7, 11) is 0. The minimum atomic E-state index is -1.01. The van der Waals surface area contributed by atoms with Crippen molar-refractivity contribution < 1.29 is 19.4 Å². The Labute approximate surface area is 180 Å². The molecule has 0 spiro atoms. The van der Waals surface area contributed by atoms with Gasteiger partial charge in [-0.05, 0) is 30.3 Å². The average molecular weight is 414 g/mol. The molecular formula is C25H22N2O4. The maximum atomic E-state index is 10.8. The maximum Gasteiger partial charge on any atom is 0.341 e. The molecule has 0 saturated heterocycles. The molecule has 2 N–H and O–H groups in total. The fourth-order valence-electron chi connectivity index (χ4n) is 3.17. The zero-order valence-corrected chi connectivity index (χ0v) is 16.8. The first-order valence-electron chi connectivity index (χ1n) is 9.91. The van der Waals surface area contributed by atoms with E-state index >= 15 is 0 Å². The molecule has 0 atom stereocenters. The van der Waals surface area contributed by atoms with Gasteiger partial charge in [0, 0.05) is 29.2 Å². The van der Waals surface area contributed by atoms with Crippen molar-refractivity contribution in [1.82, 2.24) is 4.98 Å². The fraction of sp³-hybridized carbons (Fsp3) is 0.120. The Balaban J connectivity index is 1.38. The van der Waals surface area contributed by atoms with Gasteiger partial charge in [-0.25, -0.2) is 9.78 Å². The summed E-state index contributed by atoms with van der Waals surface area (Å²) >= 11 is 0. The Kier molecular flexibility index (Phi) is 6.28. The molecule has 4 rings (SSSR count). The first-order valence-corrected chi connectivity index (χ1v) is 9.91. The van der Waals surface area contributed by atoms with Crippen molar-refractivity contribution in [3.05, 3.63) is 96.2 Å². The van der Waals surface area contributed by atoms with Gasteiger partial charge in [0.2, 0.25) is 0 Å². The Morgan fingerprint density at radius 3 is 2.65 bits per heavy atom. The zero-order chi connectivity index (χ0) is 21.5. The summed E-state index contributed by atoms with van der Waals surface area (Å²) in [4.78, 5) is 15.4. The van der Waals surface area contributed by atoms with Gasteiger partial charge in [-0.2, -0.15) is 0 Å². The Hall–Kier alpha value is -4.06. The minimum absolute atomic E-state index is 0.372. The molecule has 0 aliphatic carbocycles. The number of aromatic nitrogens is 1. The number of nitrogens with one attached hydrogen (secondary N) is 1. The topological polar surface area (TPSA) is 80.7 Å². The number of carboxylic acids is 1. The lowest BCUT2D eigenvalue weighted by molar-refractivity contribution is -0.139. The second-order valence-corrected chi connectivity index (χ2v) is 6.96. The highest BCUT2D eigenvalue weighted by Gasteiger charge is 2.06. The molecule has 156 valence electrons. The third kappa shape index (κ3) is 5.51. The SMILES string of the molecule is O=C(O)COc1ccccc1CNc1cccc(OCc2ccc3ccccc3n2)c1. The van der Waals surface area contributed by atoms with Crippen molar-refractivity contribution >= 4 is 22.6 Å². The third-order valence-electron chi connectivity index (χ3n) is 4.68. The highest BCUT2D eigenvalue weighted by Crippen LogP contribution is 2.22. The molecule has 0 bridgehead atoms. The number of anilines is 1. The van der Waals surface area contributed by atoms with E-state index in [-0.39, 0.29) is 6.61 Å². The largest absolute Gasteiger partial charge is 0.487 e. The Morgan fingerprint density at radius 1 is 0.903 bits per heavy atom. The lowest BCUT2D eigenvalue weighted by Crippen LogP contribution is -2.11. The van der Waals surface area contributed by atoms with Gasteiger partial charge in [0.15, 0.2) is 6.61 Å². The van der Waals surface area contributed by atoms with Crippen molar-refractivity contribution in [3.8, 4) is 11.5 Å². The van der Waals surface area contributed by atoms with Gasteiger partial charge >= 0.3 is 5.97 Å². The number of nitrogens with zero attached hydrogens (tertiary/aromatic N) is 1. The van der Waals surface area contributed by atoms with Gasteiger partial charge in [0.05, 0.1) is 11.2 Å². The number of rotatable bonds is 9. The molecule has 31 heavy (non-hydrogen) atoms. The van der Waals surface area contributed by atoms with Gasteiger partial charge in [-0.1, -0.05) is 48.5 Å². The summed E-state index contributed by atoms with van der Waals surface area (Å²) in [6.45, 7) is 0.495. The van der Waals surface area contributed by atoms with Crippen molar-refractivity contribution in [2.45, 2.75) is 13.2 Å². The van der Waals surface area contributed by atoms with Gasteiger partial charge in [-0.3, -0.25) is 0 Å². The summed E-state index contributed by atoms with van der Waals surface area (Å²) in [5.74, 6) is 0.274. The van der Waals surface area contributed by atoms with Gasteiger partial charge in [0.25, 0.3) is 0 Å². The van der Waals surface area contributed by atoms with E-state index in [2.05, 4.69) is 10.3 Å². The van der Waals surface area contributed by atoms with Crippen molar-refractivity contribution in [3.63, 3.8) is 0 Å². The summed E-state index contributed by atoms with van der Waals surface area (Å²) in [6.07, 6.45) is 0. The molecule has 1 heterocycles.